The summed E-state index contributed by atoms with van der Waals surface area (Å²) in [7, 11) is 0. The van der Waals surface area contributed by atoms with Gasteiger partial charge in [-0.2, -0.15) is 10.2 Å². The van der Waals surface area contributed by atoms with Gasteiger partial charge in [-0.1, -0.05) is 0 Å². The normalized spacial score (nSPS) is 10.7. The first kappa shape index (κ1) is 16.5. The van der Waals surface area contributed by atoms with Gasteiger partial charge in [0.1, 0.15) is 6.67 Å². The van der Waals surface area contributed by atoms with Crippen LogP contribution in [0.5, 0.6) is 0 Å². The van der Waals surface area contributed by atoms with Gasteiger partial charge in [0.15, 0.2) is 0 Å². The summed E-state index contributed by atoms with van der Waals surface area (Å²) in [6.45, 7) is 6.68. The lowest BCUT2D eigenvalue weighted by Crippen LogP contribution is -2.01. The number of hydrogen-bond donors (Lipinski definition) is 1. The zero-order chi connectivity index (χ0) is 13.8. The van der Waals surface area contributed by atoms with Gasteiger partial charge in [-0.25, -0.2) is 4.39 Å². The van der Waals surface area contributed by atoms with Crippen molar-refractivity contribution in [2.24, 2.45) is 0 Å². The summed E-state index contributed by atoms with van der Waals surface area (Å²) in [6.07, 6.45) is 5.72. The van der Waals surface area contributed by atoms with Crippen LogP contribution in [0.25, 0.3) is 0 Å². The summed E-state index contributed by atoms with van der Waals surface area (Å²) in [6, 6.07) is 0.364. The van der Waals surface area contributed by atoms with E-state index >= 15 is 0 Å². The van der Waals surface area contributed by atoms with Gasteiger partial charge in [0.05, 0.1) is 24.1 Å². The number of aromatic nitrogens is 4. The molecule has 0 unspecified atom stereocenters. The molecular weight excluding hydrogens is 281 g/mol. The molecule has 20 heavy (non-hydrogen) atoms. The fourth-order valence-electron chi connectivity index (χ4n) is 1.84. The monoisotopic (exact) mass is 301 g/mol. The summed E-state index contributed by atoms with van der Waals surface area (Å²) in [5.74, 6) is 0. The molecule has 2 rings (SSSR count). The molecule has 112 valence electrons. The van der Waals surface area contributed by atoms with Crippen LogP contribution in [0, 0.1) is 6.92 Å². The van der Waals surface area contributed by atoms with Crippen molar-refractivity contribution in [2.45, 2.75) is 39.9 Å². The largest absolute Gasteiger partial charge is 0.378 e. The topological polar surface area (TPSA) is 47.7 Å². The molecule has 0 aromatic carbocycles. The van der Waals surface area contributed by atoms with Gasteiger partial charge in [-0.15, -0.1) is 12.4 Å². The molecule has 0 saturated carbocycles. The first-order valence-electron chi connectivity index (χ1n) is 6.47. The third-order valence-electron chi connectivity index (χ3n) is 2.93. The Hall–Kier alpha value is -1.56. The van der Waals surface area contributed by atoms with E-state index in [-0.39, 0.29) is 12.4 Å². The van der Waals surface area contributed by atoms with Crippen molar-refractivity contribution in [1.82, 2.24) is 19.6 Å². The molecule has 0 aliphatic carbocycles. The minimum absolute atomic E-state index is 0. The average molecular weight is 302 g/mol. The highest BCUT2D eigenvalue weighted by Crippen LogP contribution is 2.14. The summed E-state index contributed by atoms with van der Waals surface area (Å²) in [5, 5.41) is 11.8. The van der Waals surface area contributed by atoms with E-state index in [1.54, 1.807) is 4.68 Å². The molecule has 0 fully saturated rings. The van der Waals surface area contributed by atoms with Gasteiger partial charge in [0.2, 0.25) is 0 Å². The molecule has 5 nitrogen and oxygen atoms in total. The molecule has 0 amide bonds. The molecule has 0 saturated heterocycles. The van der Waals surface area contributed by atoms with Crippen molar-refractivity contribution in [3.05, 3.63) is 29.8 Å². The summed E-state index contributed by atoms with van der Waals surface area (Å²) >= 11 is 0. The molecule has 2 aromatic rings. The van der Waals surface area contributed by atoms with Gasteiger partial charge in [0, 0.05) is 30.5 Å². The van der Waals surface area contributed by atoms with E-state index in [4.69, 9.17) is 0 Å². The Labute approximate surface area is 124 Å². The second kappa shape index (κ2) is 7.28. The fourth-order valence-corrected chi connectivity index (χ4v) is 1.84. The predicted molar refractivity (Wildman–Crippen MR) is 80.1 cm³/mol. The van der Waals surface area contributed by atoms with E-state index in [0.29, 0.717) is 19.1 Å². The SMILES string of the molecule is Cc1nn(CCF)cc1NCc1cnn(C(C)C)c1.Cl. The number of anilines is 1. The average Bonchev–Trinajstić information content (AvgIpc) is 2.94. The molecule has 0 spiro atoms. The molecule has 0 radical (unpaired) electrons. The summed E-state index contributed by atoms with van der Waals surface area (Å²) in [4.78, 5) is 0. The van der Waals surface area contributed by atoms with Crippen LogP contribution in [0.3, 0.4) is 0 Å². The number of halogens is 2. The Morgan fingerprint density at radius 2 is 2.10 bits per heavy atom. The second-order valence-corrected chi connectivity index (χ2v) is 4.86. The van der Waals surface area contributed by atoms with Gasteiger partial charge >= 0.3 is 0 Å². The van der Waals surface area contributed by atoms with Crippen molar-refractivity contribution in [3.8, 4) is 0 Å². The first-order valence-corrected chi connectivity index (χ1v) is 6.47. The third kappa shape index (κ3) is 3.96. The highest BCUT2D eigenvalue weighted by atomic mass is 35.5. The van der Waals surface area contributed by atoms with Gasteiger partial charge in [0.25, 0.3) is 0 Å². The van der Waals surface area contributed by atoms with Crippen molar-refractivity contribution >= 4 is 18.1 Å². The van der Waals surface area contributed by atoms with Crippen LogP contribution in [-0.2, 0) is 13.1 Å². The van der Waals surface area contributed by atoms with Crippen molar-refractivity contribution in [2.75, 3.05) is 12.0 Å². The zero-order valence-electron chi connectivity index (χ0n) is 12.0. The Kier molecular flexibility index (Phi) is 6.01. The van der Waals surface area contributed by atoms with E-state index in [1.165, 1.54) is 0 Å². The standard InChI is InChI=1S/C13H20FN5.ClH/c1-10(2)19-8-12(7-16-19)6-15-13-9-18(5-4-14)17-11(13)3;/h7-10,15H,4-6H2,1-3H3;1H. The van der Waals surface area contributed by atoms with Crippen LogP contribution < -0.4 is 5.32 Å². The first-order chi connectivity index (χ1) is 9.10. The molecule has 1 N–H and O–H groups in total. The number of aryl methyl sites for hydroxylation is 2. The maximum atomic E-state index is 12.3. The molecule has 7 heteroatoms. The maximum Gasteiger partial charge on any atom is 0.109 e. The fraction of sp³-hybridized carbons (Fsp3) is 0.538. The lowest BCUT2D eigenvalue weighted by Gasteiger charge is -2.04. The minimum atomic E-state index is -0.401. The molecule has 0 atom stereocenters. The van der Waals surface area contributed by atoms with E-state index in [2.05, 4.69) is 29.4 Å². The Morgan fingerprint density at radius 1 is 1.35 bits per heavy atom. The van der Waals surface area contributed by atoms with Crippen LogP contribution in [0.1, 0.15) is 31.1 Å². The van der Waals surface area contributed by atoms with E-state index in [9.17, 15) is 4.39 Å². The number of nitrogens with zero attached hydrogens (tertiary/aromatic N) is 4. The molecule has 0 aliphatic rings. The minimum Gasteiger partial charge on any atom is -0.378 e. The van der Waals surface area contributed by atoms with Crippen molar-refractivity contribution in [3.63, 3.8) is 0 Å². The molecule has 0 bridgehead atoms. The quantitative estimate of drug-likeness (QED) is 0.892. The molecule has 2 aromatic heterocycles. The zero-order valence-corrected chi connectivity index (χ0v) is 12.8. The van der Waals surface area contributed by atoms with Crippen LogP contribution in [0.15, 0.2) is 18.6 Å². The highest BCUT2D eigenvalue weighted by Gasteiger charge is 2.06. The third-order valence-corrected chi connectivity index (χ3v) is 2.93. The van der Waals surface area contributed by atoms with E-state index in [0.717, 1.165) is 16.9 Å². The Balaban J connectivity index is 0.00000200. The molecular formula is C13H21ClFN5. The van der Waals surface area contributed by atoms with Gasteiger partial charge < -0.3 is 5.32 Å². The van der Waals surface area contributed by atoms with Crippen LogP contribution in [-0.4, -0.2) is 26.2 Å². The van der Waals surface area contributed by atoms with E-state index < -0.39 is 6.67 Å². The number of alkyl halides is 1. The van der Waals surface area contributed by atoms with Crippen molar-refractivity contribution < 1.29 is 4.39 Å². The Bertz CT molecular complexity index is 535. The van der Waals surface area contributed by atoms with Gasteiger partial charge in [-0.3, -0.25) is 9.36 Å². The lowest BCUT2D eigenvalue weighted by molar-refractivity contribution is 0.426. The number of rotatable bonds is 6. The number of hydrogen-bond acceptors (Lipinski definition) is 3. The summed E-state index contributed by atoms with van der Waals surface area (Å²) < 4.78 is 15.8. The van der Waals surface area contributed by atoms with Gasteiger partial charge in [-0.05, 0) is 20.8 Å². The highest BCUT2D eigenvalue weighted by molar-refractivity contribution is 5.85. The molecule has 2 heterocycles. The lowest BCUT2D eigenvalue weighted by atomic mass is 10.3. The second-order valence-electron chi connectivity index (χ2n) is 4.86. The Morgan fingerprint density at radius 3 is 2.70 bits per heavy atom. The summed E-state index contributed by atoms with van der Waals surface area (Å²) in [5.41, 5.74) is 2.93. The van der Waals surface area contributed by atoms with Crippen LogP contribution >= 0.6 is 12.4 Å². The predicted octanol–water partition coefficient (Wildman–Crippen LogP) is 2.97. The molecule has 0 aliphatic heterocycles. The number of nitrogens with one attached hydrogen (secondary N) is 1. The van der Waals surface area contributed by atoms with Crippen LogP contribution in [0.4, 0.5) is 10.1 Å². The van der Waals surface area contributed by atoms with Crippen molar-refractivity contribution in [1.29, 1.82) is 0 Å². The maximum absolute atomic E-state index is 12.3. The van der Waals surface area contributed by atoms with E-state index in [1.807, 2.05) is 30.2 Å². The smallest absolute Gasteiger partial charge is 0.109 e. The van der Waals surface area contributed by atoms with Crippen LogP contribution in [0.2, 0.25) is 0 Å².